The highest BCUT2D eigenvalue weighted by molar-refractivity contribution is 6.11. The Hall–Kier alpha value is -6.06. The second kappa shape index (κ2) is 11.0. The first-order chi connectivity index (χ1) is 24.0. The summed E-state index contributed by atoms with van der Waals surface area (Å²) in [6.07, 6.45) is 8.06. The van der Waals surface area contributed by atoms with Gasteiger partial charge in [-0.25, -0.2) is 0 Å². The number of hydrogen-bond acceptors (Lipinski definition) is 2. The zero-order valence-electron chi connectivity index (χ0n) is 27.8. The fraction of sp³-hybridized carbons (Fsp3) is 0.0870. The minimum Gasteiger partial charge on any atom is -0.453 e. The van der Waals surface area contributed by atoms with Gasteiger partial charge in [-0.15, -0.1) is 0 Å². The van der Waals surface area contributed by atoms with Gasteiger partial charge in [0.15, 0.2) is 11.3 Å². The highest BCUT2D eigenvalue weighted by Gasteiger charge is 2.36. The number of furan rings is 1. The van der Waals surface area contributed by atoms with Crippen molar-refractivity contribution < 1.29 is 9.15 Å². The molecule has 0 saturated carbocycles. The Bertz CT molecular complexity index is 2680. The summed E-state index contributed by atoms with van der Waals surface area (Å²) in [5.41, 5.74) is 11.8. The summed E-state index contributed by atoms with van der Waals surface area (Å²) in [7, 11) is 0. The average molecular weight is 634 g/mol. The van der Waals surface area contributed by atoms with E-state index in [2.05, 4.69) is 146 Å². The summed E-state index contributed by atoms with van der Waals surface area (Å²) in [5.74, 6) is 1.69. The largest absolute Gasteiger partial charge is 0.453 e. The molecule has 1 aliphatic heterocycles. The molecular weight excluding hydrogens is 599 g/mol. The summed E-state index contributed by atoms with van der Waals surface area (Å²) in [6, 6.07) is 43.5. The lowest BCUT2D eigenvalue weighted by molar-refractivity contribution is 0.415. The van der Waals surface area contributed by atoms with Crippen molar-refractivity contribution in [3.05, 3.63) is 169 Å². The number of fused-ring (bicyclic) bond motifs is 9. The Balaban J connectivity index is 1.14. The fourth-order valence-electron chi connectivity index (χ4n) is 7.69. The molecule has 3 heterocycles. The number of para-hydroxylation sites is 2. The van der Waals surface area contributed by atoms with Crippen LogP contribution >= 0.6 is 0 Å². The second-order valence-corrected chi connectivity index (χ2v) is 13.3. The van der Waals surface area contributed by atoms with Crippen LogP contribution < -0.4 is 4.74 Å². The van der Waals surface area contributed by atoms with Crippen LogP contribution in [0.4, 0.5) is 0 Å². The maximum atomic E-state index is 6.67. The van der Waals surface area contributed by atoms with Gasteiger partial charge in [-0.1, -0.05) is 111 Å². The predicted molar refractivity (Wildman–Crippen MR) is 205 cm³/mol. The molecule has 0 saturated heterocycles. The van der Waals surface area contributed by atoms with Gasteiger partial charge in [-0.2, -0.15) is 0 Å². The van der Waals surface area contributed by atoms with Crippen LogP contribution in [0.25, 0.3) is 66.1 Å². The second-order valence-electron chi connectivity index (χ2n) is 13.3. The molecule has 9 rings (SSSR count). The van der Waals surface area contributed by atoms with Gasteiger partial charge >= 0.3 is 0 Å². The molecule has 0 fully saturated rings. The first-order valence-electron chi connectivity index (χ1n) is 16.8. The van der Waals surface area contributed by atoms with Crippen LogP contribution in [0.2, 0.25) is 0 Å². The quantitative estimate of drug-likeness (QED) is 0.176. The smallest absolute Gasteiger partial charge is 0.178 e. The zero-order chi connectivity index (χ0) is 33.3. The third-order valence-corrected chi connectivity index (χ3v) is 10.1. The van der Waals surface area contributed by atoms with E-state index in [0.717, 1.165) is 61.4 Å². The lowest BCUT2D eigenvalue weighted by Crippen LogP contribution is -2.24. The van der Waals surface area contributed by atoms with Crippen molar-refractivity contribution in [1.82, 2.24) is 4.57 Å². The van der Waals surface area contributed by atoms with E-state index < -0.39 is 0 Å². The van der Waals surface area contributed by atoms with Gasteiger partial charge in [-0.05, 0) is 83.8 Å². The van der Waals surface area contributed by atoms with Crippen LogP contribution in [0, 0.1) is 0 Å². The lowest BCUT2D eigenvalue weighted by atomic mass is 9.75. The van der Waals surface area contributed by atoms with E-state index in [1.54, 1.807) is 0 Å². The van der Waals surface area contributed by atoms with E-state index in [1.165, 1.54) is 32.9 Å². The molecule has 8 aromatic rings. The van der Waals surface area contributed by atoms with E-state index in [0.29, 0.717) is 0 Å². The number of rotatable bonds is 5. The minimum absolute atomic E-state index is 0.286. The predicted octanol–water partition coefficient (Wildman–Crippen LogP) is 12.9. The molecular formula is C46H35NO2. The van der Waals surface area contributed by atoms with Crippen molar-refractivity contribution in [2.24, 2.45) is 0 Å². The van der Waals surface area contributed by atoms with Crippen molar-refractivity contribution in [2.75, 3.05) is 0 Å². The number of allylic oxidation sites excluding steroid dienone is 5. The molecule has 0 atom stereocenters. The van der Waals surface area contributed by atoms with Gasteiger partial charge < -0.3 is 13.7 Å². The lowest BCUT2D eigenvalue weighted by Gasteiger charge is -2.34. The summed E-state index contributed by atoms with van der Waals surface area (Å²) in [5, 5.41) is 4.64. The van der Waals surface area contributed by atoms with Crippen LogP contribution in [-0.4, -0.2) is 4.57 Å². The van der Waals surface area contributed by atoms with E-state index >= 15 is 0 Å². The topological polar surface area (TPSA) is 27.3 Å². The van der Waals surface area contributed by atoms with E-state index in [1.807, 2.05) is 31.2 Å². The molecule has 0 unspecified atom stereocenters. The Kier molecular flexibility index (Phi) is 6.53. The maximum Gasteiger partial charge on any atom is 0.178 e. The van der Waals surface area contributed by atoms with Crippen molar-refractivity contribution in [1.29, 1.82) is 0 Å². The third-order valence-electron chi connectivity index (χ3n) is 10.1. The van der Waals surface area contributed by atoms with E-state index in [-0.39, 0.29) is 5.41 Å². The molecule has 6 aromatic carbocycles. The number of ether oxygens (including phenoxy) is 1. The fourth-order valence-corrected chi connectivity index (χ4v) is 7.69. The Morgan fingerprint density at radius 1 is 0.694 bits per heavy atom. The zero-order valence-corrected chi connectivity index (χ0v) is 27.8. The molecule has 236 valence electrons. The minimum atomic E-state index is -0.286. The molecule has 0 N–H and O–H groups in total. The van der Waals surface area contributed by atoms with Crippen LogP contribution in [0.3, 0.4) is 0 Å². The van der Waals surface area contributed by atoms with Gasteiger partial charge in [0.2, 0.25) is 0 Å². The number of benzene rings is 6. The average Bonchev–Trinajstić information content (AvgIpc) is 3.67. The summed E-state index contributed by atoms with van der Waals surface area (Å²) < 4.78 is 15.4. The normalized spacial score (nSPS) is 14.1. The summed E-state index contributed by atoms with van der Waals surface area (Å²) >= 11 is 0. The Morgan fingerprint density at radius 2 is 1.43 bits per heavy atom. The third kappa shape index (κ3) is 4.43. The Labute approximate surface area is 285 Å². The van der Waals surface area contributed by atoms with Crippen molar-refractivity contribution >= 4 is 49.3 Å². The maximum absolute atomic E-state index is 6.67. The molecule has 2 aromatic heterocycles. The molecule has 3 heteroatoms. The molecule has 3 nitrogen and oxygen atoms in total. The highest BCUT2D eigenvalue weighted by Crippen LogP contribution is 2.52. The van der Waals surface area contributed by atoms with Crippen LogP contribution in [0.1, 0.15) is 37.5 Å². The Morgan fingerprint density at radius 3 is 2.24 bits per heavy atom. The molecule has 0 bridgehead atoms. The first-order valence-corrected chi connectivity index (χ1v) is 16.8. The SMILES string of the molecule is C=C/C=C(\C=C/C)c1ccc(-n2c3ccccc3c3cc(-c4ccc5c(c4)C(C)(C)c4ccc6c(oc7ccccc76)c4O5)ccc32)cc1. The summed E-state index contributed by atoms with van der Waals surface area (Å²) in [6.45, 7) is 10.5. The van der Waals surface area contributed by atoms with Crippen LogP contribution in [-0.2, 0) is 5.41 Å². The number of hydrogen-bond donors (Lipinski definition) is 0. The molecule has 0 aliphatic carbocycles. The van der Waals surface area contributed by atoms with Gasteiger partial charge in [0.05, 0.1) is 11.0 Å². The van der Waals surface area contributed by atoms with Gasteiger partial charge in [0.25, 0.3) is 0 Å². The first kappa shape index (κ1) is 29.1. The molecule has 0 spiro atoms. The van der Waals surface area contributed by atoms with Crippen molar-refractivity contribution in [3.63, 3.8) is 0 Å². The highest BCUT2D eigenvalue weighted by atomic mass is 16.5. The van der Waals surface area contributed by atoms with Gasteiger partial charge in [0, 0.05) is 43.8 Å². The van der Waals surface area contributed by atoms with E-state index in [4.69, 9.17) is 9.15 Å². The van der Waals surface area contributed by atoms with Crippen molar-refractivity contribution in [3.8, 4) is 28.3 Å². The monoisotopic (exact) mass is 633 g/mol. The molecule has 49 heavy (non-hydrogen) atoms. The molecule has 1 aliphatic rings. The van der Waals surface area contributed by atoms with Crippen LogP contribution in [0.15, 0.2) is 157 Å². The number of nitrogens with zero attached hydrogens (tertiary/aromatic N) is 1. The van der Waals surface area contributed by atoms with Gasteiger partial charge in [-0.3, -0.25) is 0 Å². The molecule has 0 amide bonds. The van der Waals surface area contributed by atoms with Crippen molar-refractivity contribution in [2.45, 2.75) is 26.2 Å². The van der Waals surface area contributed by atoms with E-state index in [9.17, 15) is 0 Å². The number of aromatic nitrogens is 1. The standard InChI is InChI=1S/C46H35NO2/c1-5-11-29(12-6-2)30-17-21-33(22-18-30)47-40-15-9-7-13-34(40)37-27-31(19-25-41(37)47)32-20-26-43-39(28-32)46(3,4)38-24-23-36-35-14-8-10-16-42(35)48-44(36)45(38)49-43/h5-28H,1H2,2-4H3/b12-6-,29-11+. The van der Waals surface area contributed by atoms with Gasteiger partial charge in [0.1, 0.15) is 11.3 Å². The van der Waals surface area contributed by atoms with Crippen LogP contribution in [0.5, 0.6) is 11.5 Å². The molecule has 0 radical (unpaired) electrons. The summed E-state index contributed by atoms with van der Waals surface area (Å²) in [4.78, 5) is 0.